The highest BCUT2D eigenvalue weighted by molar-refractivity contribution is 4.84. The molecule has 0 radical (unpaired) electrons. The van der Waals surface area contributed by atoms with Gasteiger partial charge in [-0.2, -0.15) is 0 Å². The summed E-state index contributed by atoms with van der Waals surface area (Å²) in [5.41, 5.74) is 0. The van der Waals surface area contributed by atoms with Gasteiger partial charge in [-0.05, 0) is 0 Å². The molecule has 1 aliphatic heterocycles. The van der Waals surface area contributed by atoms with Crippen molar-refractivity contribution in [3.05, 3.63) is 0 Å². The van der Waals surface area contributed by atoms with Crippen molar-refractivity contribution in [3.8, 4) is 0 Å². The lowest BCUT2D eigenvalue weighted by atomic mass is 10.1. The molecule has 60 valence electrons. The van der Waals surface area contributed by atoms with E-state index in [4.69, 9.17) is 20.4 Å². The molecule has 0 bridgehead atoms. The van der Waals surface area contributed by atoms with Crippen LogP contribution in [0.5, 0.6) is 0 Å². The normalized spacial score (nSPS) is 48.0. The minimum Gasteiger partial charge on any atom is -0.394 e. The van der Waals surface area contributed by atoms with Crippen LogP contribution in [0, 0.1) is 0 Å². The van der Waals surface area contributed by atoms with Crippen LogP contribution in [0.4, 0.5) is 0 Å². The molecule has 0 saturated carbocycles. The molecule has 0 aromatic heterocycles. The van der Waals surface area contributed by atoms with E-state index in [2.05, 4.69) is 4.74 Å². The Morgan fingerprint density at radius 1 is 1.10 bits per heavy atom. The molecular weight excluding hydrogens is 140 g/mol. The molecule has 5 nitrogen and oxygen atoms in total. The molecule has 1 fully saturated rings. The molecule has 0 spiro atoms. The summed E-state index contributed by atoms with van der Waals surface area (Å²) in [5.74, 6) is 0. The van der Waals surface area contributed by atoms with Gasteiger partial charge in [0.2, 0.25) is 0 Å². The van der Waals surface area contributed by atoms with Crippen molar-refractivity contribution >= 4 is 0 Å². The van der Waals surface area contributed by atoms with E-state index in [1.54, 1.807) is 0 Å². The second-order valence-electron chi connectivity index (χ2n) is 2.23. The standard InChI is InChI=1S/C5H10O5/c6-1-2-3(7)4(8)5(9)10-2/h2-9H,1H2/t2?,3-,4-,5+/m1/s1. The molecule has 5 heteroatoms. The van der Waals surface area contributed by atoms with Gasteiger partial charge in [-0.15, -0.1) is 0 Å². The van der Waals surface area contributed by atoms with Gasteiger partial charge in [0.1, 0.15) is 18.3 Å². The van der Waals surface area contributed by atoms with Crippen LogP contribution in [0.25, 0.3) is 0 Å². The lowest BCUT2D eigenvalue weighted by Crippen LogP contribution is -2.33. The SMILES string of the molecule is OCC1O[C@H](O)[C@H](O)[C@@H]1O. The lowest BCUT2D eigenvalue weighted by Gasteiger charge is -2.09. The van der Waals surface area contributed by atoms with Crippen molar-refractivity contribution in [3.63, 3.8) is 0 Å². The Morgan fingerprint density at radius 2 is 1.70 bits per heavy atom. The third-order valence-electron chi connectivity index (χ3n) is 1.52. The molecule has 1 heterocycles. The average molecular weight is 150 g/mol. The topological polar surface area (TPSA) is 90.2 Å². The Balaban J connectivity index is 2.53. The summed E-state index contributed by atoms with van der Waals surface area (Å²) in [6.07, 6.45) is -4.76. The molecular formula is C5H10O5. The second kappa shape index (κ2) is 2.81. The number of aliphatic hydroxyl groups is 4. The van der Waals surface area contributed by atoms with Gasteiger partial charge < -0.3 is 25.2 Å². The van der Waals surface area contributed by atoms with E-state index in [-0.39, 0.29) is 0 Å². The summed E-state index contributed by atoms with van der Waals surface area (Å²) in [7, 11) is 0. The summed E-state index contributed by atoms with van der Waals surface area (Å²) in [4.78, 5) is 0. The predicted molar refractivity (Wildman–Crippen MR) is 30.0 cm³/mol. The maximum Gasteiger partial charge on any atom is 0.184 e. The van der Waals surface area contributed by atoms with Gasteiger partial charge in [-0.25, -0.2) is 0 Å². The zero-order valence-corrected chi connectivity index (χ0v) is 5.21. The van der Waals surface area contributed by atoms with Crippen molar-refractivity contribution < 1.29 is 25.2 Å². The fourth-order valence-corrected chi connectivity index (χ4v) is 0.880. The quantitative estimate of drug-likeness (QED) is 0.329. The third kappa shape index (κ3) is 1.14. The molecule has 10 heavy (non-hydrogen) atoms. The maximum absolute atomic E-state index is 8.93. The summed E-state index contributed by atoms with van der Waals surface area (Å²) >= 11 is 0. The largest absolute Gasteiger partial charge is 0.394 e. The first-order chi connectivity index (χ1) is 4.66. The smallest absolute Gasteiger partial charge is 0.184 e. The monoisotopic (exact) mass is 150 g/mol. The van der Waals surface area contributed by atoms with E-state index in [9.17, 15) is 0 Å². The highest BCUT2D eigenvalue weighted by Crippen LogP contribution is 2.18. The molecule has 1 rings (SSSR count). The predicted octanol–water partition coefficient (Wildman–Crippen LogP) is -2.58. The first-order valence-electron chi connectivity index (χ1n) is 2.97. The average Bonchev–Trinajstić information content (AvgIpc) is 2.17. The Morgan fingerprint density at radius 3 is 1.90 bits per heavy atom. The fourth-order valence-electron chi connectivity index (χ4n) is 0.880. The molecule has 0 aliphatic carbocycles. The van der Waals surface area contributed by atoms with E-state index in [0.717, 1.165) is 0 Å². The van der Waals surface area contributed by atoms with E-state index in [0.29, 0.717) is 0 Å². The zero-order chi connectivity index (χ0) is 7.72. The highest BCUT2D eigenvalue weighted by atomic mass is 16.6. The van der Waals surface area contributed by atoms with Crippen molar-refractivity contribution in [1.82, 2.24) is 0 Å². The van der Waals surface area contributed by atoms with Crippen LogP contribution in [0.2, 0.25) is 0 Å². The fraction of sp³-hybridized carbons (Fsp3) is 1.00. The van der Waals surface area contributed by atoms with Crippen LogP contribution < -0.4 is 0 Å². The van der Waals surface area contributed by atoms with Gasteiger partial charge in [0.05, 0.1) is 6.61 Å². The summed E-state index contributed by atoms with van der Waals surface area (Å²) in [6, 6.07) is 0. The van der Waals surface area contributed by atoms with Crippen molar-refractivity contribution in [2.75, 3.05) is 6.61 Å². The minimum atomic E-state index is -1.38. The number of rotatable bonds is 1. The van der Waals surface area contributed by atoms with Gasteiger partial charge in [0.25, 0.3) is 0 Å². The van der Waals surface area contributed by atoms with Crippen LogP contribution in [0.15, 0.2) is 0 Å². The number of ether oxygens (including phenoxy) is 1. The molecule has 4 atom stereocenters. The van der Waals surface area contributed by atoms with Gasteiger partial charge in [-0.1, -0.05) is 0 Å². The molecule has 1 aliphatic rings. The van der Waals surface area contributed by atoms with Crippen LogP contribution in [-0.2, 0) is 4.74 Å². The van der Waals surface area contributed by atoms with E-state index in [1.165, 1.54) is 0 Å². The minimum absolute atomic E-state index is 0.407. The molecule has 0 aromatic rings. The van der Waals surface area contributed by atoms with Crippen LogP contribution in [-0.4, -0.2) is 51.6 Å². The van der Waals surface area contributed by atoms with Crippen LogP contribution in [0.1, 0.15) is 0 Å². The van der Waals surface area contributed by atoms with Gasteiger partial charge >= 0.3 is 0 Å². The van der Waals surface area contributed by atoms with Crippen LogP contribution >= 0.6 is 0 Å². The van der Waals surface area contributed by atoms with E-state index < -0.39 is 31.2 Å². The summed E-state index contributed by atoms with van der Waals surface area (Å²) in [6.45, 7) is -0.407. The van der Waals surface area contributed by atoms with Crippen molar-refractivity contribution in [1.29, 1.82) is 0 Å². The van der Waals surface area contributed by atoms with Gasteiger partial charge in [-0.3, -0.25) is 0 Å². The first-order valence-corrected chi connectivity index (χ1v) is 2.97. The Kier molecular flexibility index (Phi) is 2.22. The molecule has 0 amide bonds. The molecule has 1 saturated heterocycles. The Bertz CT molecular complexity index is 117. The van der Waals surface area contributed by atoms with E-state index >= 15 is 0 Å². The molecule has 1 unspecified atom stereocenters. The summed E-state index contributed by atoms with van der Waals surface area (Å²) in [5, 5.41) is 35.0. The Labute approximate surface area is 57.5 Å². The Hall–Kier alpha value is -0.200. The lowest BCUT2D eigenvalue weighted by molar-refractivity contribution is -0.132. The number of hydrogen-bond donors (Lipinski definition) is 4. The zero-order valence-electron chi connectivity index (χ0n) is 5.21. The first kappa shape index (κ1) is 7.90. The summed E-state index contributed by atoms with van der Waals surface area (Å²) < 4.78 is 4.54. The van der Waals surface area contributed by atoms with E-state index in [1.807, 2.05) is 0 Å². The number of hydrogen-bond acceptors (Lipinski definition) is 5. The number of aliphatic hydroxyl groups excluding tert-OH is 4. The molecule has 0 aromatic carbocycles. The molecule has 4 N–H and O–H groups in total. The van der Waals surface area contributed by atoms with Gasteiger partial charge in [0.15, 0.2) is 6.29 Å². The van der Waals surface area contributed by atoms with Crippen molar-refractivity contribution in [2.45, 2.75) is 24.6 Å². The second-order valence-corrected chi connectivity index (χ2v) is 2.23. The third-order valence-corrected chi connectivity index (χ3v) is 1.52. The van der Waals surface area contributed by atoms with Crippen molar-refractivity contribution in [2.24, 2.45) is 0 Å². The van der Waals surface area contributed by atoms with Gasteiger partial charge in [0, 0.05) is 0 Å². The highest BCUT2D eigenvalue weighted by Gasteiger charge is 2.41. The van der Waals surface area contributed by atoms with Crippen LogP contribution in [0.3, 0.4) is 0 Å². The maximum atomic E-state index is 8.93.